The summed E-state index contributed by atoms with van der Waals surface area (Å²) in [5.41, 5.74) is 2.31. The molecule has 0 unspecified atom stereocenters. The fourth-order valence-electron chi connectivity index (χ4n) is 1.74. The van der Waals surface area contributed by atoms with Crippen molar-refractivity contribution in [3.05, 3.63) is 42.2 Å². The molecule has 0 aliphatic carbocycles. The zero-order valence-electron chi connectivity index (χ0n) is 9.69. The molecule has 0 saturated heterocycles. The monoisotopic (exact) mass is 216 g/mol. The van der Waals surface area contributed by atoms with Crippen LogP contribution in [0.1, 0.15) is 19.6 Å². The highest BCUT2D eigenvalue weighted by atomic mass is 16.6. The molecule has 1 heterocycles. The molecule has 2 nitrogen and oxygen atoms in total. The van der Waals surface area contributed by atoms with E-state index in [0.29, 0.717) is 12.6 Å². The van der Waals surface area contributed by atoms with Crippen LogP contribution in [0, 0.1) is 0 Å². The lowest BCUT2D eigenvalue weighted by Gasteiger charge is -1.98. The first-order valence-corrected chi connectivity index (χ1v) is 5.66. The van der Waals surface area contributed by atoms with Gasteiger partial charge in [0.15, 0.2) is 0 Å². The normalized spacial score (nSPS) is 10.4. The summed E-state index contributed by atoms with van der Waals surface area (Å²) in [5, 5.41) is 0. The van der Waals surface area contributed by atoms with Gasteiger partial charge in [0.25, 0.3) is 5.95 Å². The Hall–Kier alpha value is -1.70. The van der Waals surface area contributed by atoms with Gasteiger partial charge >= 0.3 is 0 Å². The van der Waals surface area contributed by atoms with Crippen molar-refractivity contribution in [1.82, 2.24) is 0 Å². The molecule has 0 amide bonds. The van der Waals surface area contributed by atoms with Crippen LogP contribution >= 0.6 is 0 Å². The van der Waals surface area contributed by atoms with E-state index in [4.69, 9.17) is 9.15 Å². The first kappa shape index (κ1) is 10.8. The van der Waals surface area contributed by atoms with Crippen molar-refractivity contribution >= 4 is 0 Å². The van der Waals surface area contributed by atoms with Gasteiger partial charge in [-0.3, -0.25) is 0 Å². The number of aryl methyl sites for hydroxylation is 1. The van der Waals surface area contributed by atoms with Crippen LogP contribution in [0.3, 0.4) is 0 Å². The van der Waals surface area contributed by atoms with Crippen molar-refractivity contribution in [3.63, 3.8) is 0 Å². The topological polar surface area (TPSA) is 22.4 Å². The van der Waals surface area contributed by atoms with E-state index in [9.17, 15) is 0 Å². The number of benzene rings is 1. The summed E-state index contributed by atoms with van der Waals surface area (Å²) >= 11 is 0. The molecular formula is C14H16O2. The zero-order chi connectivity index (χ0) is 11.4. The maximum absolute atomic E-state index is 5.64. The standard InChI is InChI=1S/C14H16O2/c1-3-13-12(10-14(16-13)15-4-2)11-8-6-5-7-9-11/h5-10H,3-4H2,1-2H3. The van der Waals surface area contributed by atoms with Gasteiger partial charge in [0.05, 0.1) is 6.61 Å². The summed E-state index contributed by atoms with van der Waals surface area (Å²) in [5.74, 6) is 1.59. The van der Waals surface area contributed by atoms with Crippen molar-refractivity contribution in [2.24, 2.45) is 0 Å². The Kier molecular flexibility index (Phi) is 3.30. The second-order valence-corrected chi connectivity index (χ2v) is 3.55. The lowest BCUT2D eigenvalue weighted by molar-refractivity contribution is 0.251. The smallest absolute Gasteiger partial charge is 0.285 e. The predicted octanol–water partition coefficient (Wildman–Crippen LogP) is 3.91. The number of hydrogen-bond donors (Lipinski definition) is 0. The molecule has 16 heavy (non-hydrogen) atoms. The van der Waals surface area contributed by atoms with Gasteiger partial charge in [-0.1, -0.05) is 37.3 Å². The maximum Gasteiger partial charge on any atom is 0.285 e. The summed E-state index contributed by atoms with van der Waals surface area (Å²) in [6.45, 7) is 4.67. The largest absolute Gasteiger partial charge is 0.465 e. The SMILES string of the molecule is CCOc1cc(-c2ccccc2)c(CC)o1. The summed E-state index contributed by atoms with van der Waals surface area (Å²) in [7, 11) is 0. The molecule has 2 aromatic rings. The molecule has 0 atom stereocenters. The van der Waals surface area contributed by atoms with Crippen LogP contribution < -0.4 is 4.74 Å². The quantitative estimate of drug-likeness (QED) is 0.773. The zero-order valence-corrected chi connectivity index (χ0v) is 9.69. The Balaban J connectivity index is 2.39. The van der Waals surface area contributed by atoms with Crippen molar-refractivity contribution in [3.8, 4) is 17.1 Å². The van der Waals surface area contributed by atoms with Gasteiger partial charge in [-0.25, -0.2) is 0 Å². The van der Waals surface area contributed by atoms with Crippen molar-refractivity contribution in [2.75, 3.05) is 6.61 Å². The summed E-state index contributed by atoms with van der Waals surface area (Å²) in [4.78, 5) is 0. The van der Waals surface area contributed by atoms with Gasteiger partial charge in [-0.05, 0) is 12.5 Å². The van der Waals surface area contributed by atoms with E-state index >= 15 is 0 Å². The van der Waals surface area contributed by atoms with E-state index in [2.05, 4.69) is 19.1 Å². The third-order valence-electron chi connectivity index (χ3n) is 2.48. The third-order valence-corrected chi connectivity index (χ3v) is 2.48. The number of hydrogen-bond acceptors (Lipinski definition) is 2. The van der Waals surface area contributed by atoms with E-state index in [1.165, 1.54) is 5.56 Å². The Morgan fingerprint density at radius 3 is 2.50 bits per heavy atom. The lowest BCUT2D eigenvalue weighted by Crippen LogP contribution is -1.88. The molecule has 1 aromatic heterocycles. The van der Waals surface area contributed by atoms with Crippen LogP contribution in [-0.2, 0) is 6.42 Å². The highest BCUT2D eigenvalue weighted by molar-refractivity contribution is 5.66. The van der Waals surface area contributed by atoms with Gasteiger partial charge in [0, 0.05) is 18.1 Å². The molecular weight excluding hydrogens is 200 g/mol. The van der Waals surface area contributed by atoms with Crippen molar-refractivity contribution in [1.29, 1.82) is 0 Å². The molecule has 0 bridgehead atoms. The molecule has 1 aromatic carbocycles. The third kappa shape index (κ3) is 2.11. The second kappa shape index (κ2) is 4.88. The van der Waals surface area contributed by atoms with E-state index in [0.717, 1.165) is 17.7 Å². The van der Waals surface area contributed by atoms with Gasteiger partial charge < -0.3 is 9.15 Å². The Bertz CT molecular complexity index is 443. The first-order valence-electron chi connectivity index (χ1n) is 5.66. The Labute approximate surface area is 95.9 Å². The van der Waals surface area contributed by atoms with Crippen LogP contribution in [-0.4, -0.2) is 6.61 Å². The van der Waals surface area contributed by atoms with Crippen molar-refractivity contribution < 1.29 is 9.15 Å². The minimum atomic E-state index is 0.609. The first-order chi connectivity index (χ1) is 7.85. The van der Waals surface area contributed by atoms with E-state index in [1.54, 1.807) is 0 Å². The van der Waals surface area contributed by atoms with E-state index in [1.807, 2.05) is 31.2 Å². The van der Waals surface area contributed by atoms with Crippen LogP contribution in [0.15, 0.2) is 40.8 Å². The number of rotatable bonds is 4. The minimum Gasteiger partial charge on any atom is -0.465 e. The molecule has 2 rings (SSSR count). The fraction of sp³-hybridized carbons (Fsp3) is 0.286. The number of ether oxygens (including phenoxy) is 1. The van der Waals surface area contributed by atoms with Crippen molar-refractivity contribution in [2.45, 2.75) is 20.3 Å². The lowest BCUT2D eigenvalue weighted by atomic mass is 10.1. The summed E-state index contributed by atoms with van der Waals surface area (Å²) in [6.07, 6.45) is 0.872. The summed E-state index contributed by atoms with van der Waals surface area (Å²) < 4.78 is 11.0. The van der Waals surface area contributed by atoms with Gasteiger partial charge in [-0.15, -0.1) is 0 Å². The second-order valence-electron chi connectivity index (χ2n) is 3.55. The van der Waals surface area contributed by atoms with Crippen LogP contribution in [0.2, 0.25) is 0 Å². The average molecular weight is 216 g/mol. The fourth-order valence-corrected chi connectivity index (χ4v) is 1.74. The van der Waals surface area contributed by atoms with E-state index in [-0.39, 0.29) is 0 Å². The van der Waals surface area contributed by atoms with Gasteiger partial charge in [0.2, 0.25) is 0 Å². The molecule has 0 fully saturated rings. The Morgan fingerprint density at radius 1 is 1.12 bits per heavy atom. The molecule has 0 spiro atoms. The van der Waals surface area contributed by atoms with Crippen LogP contribution in [0.25, 0.3) is 11.1 Å². The maximum atomic E-state index is 5.64. The van der Waals surface area contributed by atoms with Gasteiger partial charge in [-0.2, -0.15) is 0 Å². The molecule has 0 aliphatic rings. The highest BCUT2D eigenvalue weighted by Gasteiger charge is 2.11. The van der Waals surface area contributed by atoms with E-state index < -0.39 is 0 Å². The van der Waals surface area contributed by atoms with Crippen LogP contribution in [0.5, 0.6) is 5.95 Å². The molecule has 0 N–H and O–H groups in total. The molecule has 0 aliphatic heterocycles. The molecule has 0 radical (unpaired) electrons. The molecule has 2 heteroatoms. The number of furan rings is 1. The molecule has 0 saturated carbocycles. The van der Waals surface area contributed by atoms with Gasteiger partial charge in [0.1, 0.15) is 5.76 Å². The molecule has 84 valence electrons. The predicted molar refractivity (Wildman–Crippen MR) is 64.7 cm³/mol. The minimum absolute atomic E-state index is 0.609. The summed E-state index contributed by atoms with van der Waals surface area (Å²) in [6, 6.07) is 12.2. The average Bonchev–Trinajstić information content (AvgIpc) is 2.74. The highest BCUT2D eigenvalue weighted by Crippen LogP contribution is 2.31. The van der Waals surface area contributed by atoms with Crippen LogP contribution in [0.4, 0.5) is 0 Å². The Morgan fingerprint density at radius 2 is 1.88 bits per heavy atom.